The van der Waals surface area contributed by atoms with Gasteiger partial charge in [0.05, 0.1) is 4.90 Å². The Hall–Kier alpha value is -2.14. The predicted octanol–water partition coefficient (Wildman–Crippen LogP) is 2.65. The molecule has 0 unspecified atom stereocenters. The molecule has 0 fully saturated rings. The van der Waals surface area contributed by atoms with Gasteiger partial charge in [-0.15, -0.1) is 0 Å². The van der Waals surface area contributed by atoms with Crippen LogP contribution in [0.5, 0.6) is 0 Å². The summed E-state index contributed by atoms with van der Waals surface area (Å²) in [6.07, 6.45) is 1.13. The van der Waals surface area contributed by atoms with E-state index in [0.717, 1.165) is 11.8 Å². The van der Waals surface area contributed by atoms with Crippen LogP contribution in [0.1, 0.15) is 15.9 Å². The minimum absolute atomic E-state index is 0.199. The maximum atomic E-state index is 12.0. The van der Waals surface area contributed by atoms with Crippen LogP contribution in [0.3, 0.4) is 0 Å². The normalized spacial score (nSPS) is 11.1. The van der Waals surface area contributed by atoms with Gasteiger partial charge in [-0.3, -0.25) is 4.79 Å². The minimum atomic E-state index is -3.24. The Bertz CT molecular complexity index is 734. The molecule has 2 rings (SSSR count). The number of benzene rings is 2. The van der Waals surface area contributed by atoms with Gasteiger partial charge in [-0.2, -0.15) is 0 Å². The summed E-state index contributed by atoms with van der Waals surface area (Å²) in [5, 5.41) is 2.77. The number of rotatable bonds is 3. The third kappa shape index (κ3) is 3.45. The highest BCUT2D eigenvalue weighted by atomic mass is 32.2. The molecule has 1 N–H and O–H groups in total. The molecule has 2 aromatic carbocycles. The molecule has 0 aliphatic rings. The Kier molecular flexibility index (Phi) is 3.90. The molecule has 0 spiro atoms. The summed E-state index contributed by atoms with van der Waals surface area (Å²) < 4.78 is 22.7. The van der Waals surface area contributed by atoms with Gasteiger partial charge in [0.25, 0.3) is 5.91 Å². The lowest BCUT2D eigenvalue weighted by atomic mass is 10.2. The van der Waals surface area contributed by atoms with E-state index in [-0.39, 0.29) is 10.8 Å². The van der Waals surface area contributed by atoms with Gasteiger partial charge in [-0.1, -0.05) is 12.1 Å². The topological polar surface area (TPSA) is 63.2 Å². The molecule has 0 saturated carbocycles. The molecule has 0 saturated heterocycles. The number of amides is 1. The first kappa shape index (κ1) is 14.3. The molecule has 0 bridgehead atoms. The fourth-order valence-electron chi connectivity index (χ4n) is 1.78. The summed E-state index contributed by atoms with van der Waals surface area (Å²) in [5.74, 6) is -0.268. The van der Waals surface area contributed by atoms with E-state index in [1.165, 1.54) is 24.3 Å². The molecule has 0 heterocycles. The molecule has 2 aromatic rings. The van der Waals surface area contributed by atoms with Gasteiger partial charge >= 0.3 is 0 Å². The zero-order valence-corrected chi connectivity index (χ0v) is 12.1. The molecule has 104 valence electrons. The molecule has 0 radical (unpaired) electrons. The van der Waals surface area contributed by atoms with Gasteiger partial charge in [0.1, 0.15) is 0 Å². The van der Waals surface area contributed by atoms with Crippen LogP contribution in [0.25, 0.3) is 0 Å². The first-order valence-electron chi connectivity index (χ1n) is 6.04. The highest BCUT2D eigenvalue weighted by Gasteiger charge is 2.10. The minimum Gasteiger partial charge on any atom is -0.322 e. The molecular formula is C15H15NO3S. The van der Waals surface area contributed by atoms with Crippen molar-refractivity contribution in [3.63, 3.8) is 0 Å². The van der Waals surface area contributed by atoms with Crippen LogP contribution in [0.2, 0.25) is 0 Å². The van der Waals surface area contributed by atoms with Crippen LogP contribution in [0, 0.1) is 6.92 Å². The van der Waals surface area contributed by atoms with Gasteiger partial charge in [0, 0.05) is 17.5 Å². The number of sulfone groups is 1. The molecule has 0 atom stereocenters. The van der Waals surface area contributed by atoms with Crippen LogP contribution >= 0.6 is 0 Å². The van der Waals surface area contributed by atoms with Gasteiger partial charge in [0.2, 0.25) is 0 Å². The van der Waals surface area contributed by atoms with Crippen molar-refractivity contribution in [2.45, 2.75) is 11.8 Å². The van der Waals surface area contributed by atoms with E-state index in [1.54, 1.807) is 6.07 Å². The standard InChI is InChI=1S/C15H15NO3S/c1-11-4-3-5-13(10-11)16-15(17)12-6-8-14(9-7-12)20(2,18)19/h3-10H,1-2H3,(H,16,17). The van der Waals surface area contributed by atoms with Gasteiger partial charge in [0.15, 0.2) is 9.84 Å². The highest BCUT2D eigenvalue weighted by Crippen LogP contribution is 2.14. The second-order valence-electron chi connectivity index (χ2n) is 4.62. The van der Waals surface area contributed by atoms with Crippen molar-refractivity contribution in [1.29, 1.82) is 0 Å². The first-order valence-corrected chi connectivity index (χ1v) is 7.93. The molecule has 0 aromatic heterocycles. The summed E-state index contributed by atoms with van der Waals surface area (Å²) in [5.41, 5.74) is 2.18. The van der Waals surface area contributed by atoms with E-state index in [0.29, 0.717) is 11.3 Å². The third-order valence-corrected chi connectivity index (χ3v) is 3.95. The van der Waals surface area contributed by atoms with Crippen molar-refractivity contribution < 1.29 is 13.2 Å². The first-order chi connectivity index (χ1) is 9.36. The SMILES string of the molecule is Cc1cccc(NC(=O)c2ccc(S(C)(=O)=O)cc2)c1. The summed E-state index contributed by atoms with van der Waals surface area (Å²) in [7, 11) is -3.24. The second-order valence-corrected chi connectivity index (χ2v) is 6.64. The van der Waals surface area contributed by atoms with Crippen molar-refractivity contribution in [2.24, 2.45) is 0 Å². The molecular weight excluding hydrogens is 274 g/mol. The molecule has 5 heteroatoms. The van der Waals surface area contributed by atoms with Gasteiger partial charge in [-0.25, -0.2) is 8.42 Å². The zero-order valence-electron chi connectivity index (χ0n) is 11.3. The lowest BCUT2D eigenvalue weighted by molar-refractivity contribution is 0.102. The molecule has 0 aliphatic heterocycles. The van der Waals surface area contributed by atoms with Gasteiger partial charge in [-0.05, 0) is 48.9 Å². The number of hydrogen-bond acceptors (Lipinski definition) is 3. The largest absolute Gasteiger partial charge is 0.322 e. The van der Waals surface area contributed by atoms with Crippen LogP contribution in [-0.4, -0.2) is 20.6 Å². The number of aryl methyl sites for hydroxylation is 1. The van der Waals surface area contributed by atoms with E-state index < -0.39 is 9.84 Å². The maximum Gasteiger partial charge on any atom is 0.255 e. The zero-order chi connectivity index (χ0) is 14.8. The fourth-order valence-corrected chi connectivity index (χ4v) is 2.41. The van der Waals surface area contributed by atoms with Crippen molar-refractivity contribution in [2.75, 3.05) is 11.6 Å². The lowest BCUT2D eigenvalue weighted by Gasteiger charge is -2.06. The molecule has 0 aliphatic carbocycles. The van der Waals surface area contributed by atoms with Gasteiger partial charge < -0.3 is 5.32 Å². The summed E-state index contributed by atoms with van der Waals surface area (Å²) in [6.45, 7) is 1.94. The molecule has 1 amide bonds. The van der Waals surface area contributed by atoms with E-state index in [4.69, 9.17) is 0 Å². The molecule has 4 nitrogen and oxygen atoms in total. The number of carbonyl (C=O) groups excluding carboxylic acids is 1. The predicted molar refractivity (Wildman–Crippen MR) is 78.7 cm³/mol. The van der Waals surface area contributed by atoms with Crippen molar-refractivity contribution in [3.05, 3.63) is 59.7 Å². The Morgan fingerprint density at radius 2 is 1.70 bits per heavy atom. The number of hydrogen-bond donors (Lipinski definition) is 1. The second kappa shape index (κ2) is 5.46. The highest BCUT2D eigenvalue weighted by molar-refractivity contribution is 7.90. The van der Waals surface area contributed by atoms with Crippen LogP contribution in [0.4, 0.5) is 5.69 Å². The van der Waals surface area contributed by atoms with E-state index in [2.05, 4.69) is 5.32 Å². The average Bonchev–Trinajstić information content (AvgIpc) is 2.38. The summed E-state index contributed by atoms with van der Waals surface area (Å²) in [6, 6.07) is 13.3. The number of anilines is 1. The van der Waals surface area contributed by atoms with Crippen LogP contribution < -0.4 is 5.32 Å². The fraction of sp³-hybridized carbons (Fsp3) is 0.133. The Balaban J connectivity index is 2.18. The number of nitrogens with one attached hydrogen (secondary N) is 1. The van der Waals surface area contributed by atoms with Crippen molar-refractivity contribution in [1.82, 2.24) is 0 Å². The maximum absolute atomic E-state index is 12.0. The Morgan fingerprint density at radius 1 is 1.05 bits per heavy atom. The Labute approximate surface area is 118 Å². The quantitative estimate of drug-likeness (QED) is 0.944. The van der Waals surface area contributed by atoms with Crippen molar-refractivity contribution in [3.8, 4) is 0 Å². The van der Waals surface area contributed by atoms with Crippen LogP contribution in [0.15, 0.2) is 53.4 Å². The van der Waals surface area contributed by atoms with Crippen LogP contribution in [-0.2, 0) is 9.84 Å². The number of carbonyl (C=O) groups is 1. The van der Waals surface area contributed by atoms with E-state index in [9.17, 15) is 13.2 Å². The van der Waals surface area contributed by atoms with Crippen molar-refractivity contribution >= 4 is 21.4 Å². The molecule has 20 heavy (non-hydrogen) atoms. The third-order valence-electron chi connectivity index (χ3n) is 2.82. The summed E-state index contributed by atoms with van der Waals surface area (Å²) in [4.78, 5) is 12.2. The smallest absolute Gasteiger partial charge is 0.255 e. The summed E-state index contributed by atoms with van der Waals surface area (Å²) >= 11 is 0. The average molecular weight is 289 g/mol. The Morgan fingerprint density at radius 3 is 2.25 bits per heavy atom. The lowest BCUT2D eigenvalue weighted by Crippen LogP contribution is -2.12. The van der Waals surface area contributed by atoms with E-state index in [1.807, 2.05) is 25.1 Å². The monoisotopic (exact) mass is 289 g/mol. The van der Waals surface area contributed by atoms with E-state index >= 15 is 0 Å².